The van der Waals surface area contributed by atoms with Gasteiger partial charge in [0.2, 0.25) is 0 Å². The molecule has 0 amide bonds. The van der Waals surface area contributed by atoms with Gasteiger partial charge in [-0.05, 0) is 41.9 Å². The Bertz CT molecular complexity index is 672. The Morgan fingerprint density at radius 3 is 2.83 bits per heavy atom. The van der Waals surface area contributed by atoms with Crippen molar-refractivity contribution in [3.8, 4) is 5.75 Å². The van der Waals surface area contributed by atoms with E-state index < -0.39 is 0 Å². The molecule has 1 unspecified atom stereocenters. The first-order valence-corrected chi connectivity index (χ1v) is 8.65. The first-order chi connectivity index (χ1) is 11.6. The van der Waals surface area contributed by atoms with Crippen molar-refractivity contribution in [3.63, 3.8) is 0 Å². The minimum absolute atomic E-state index is 0.0117. The number of aliphatic imine (C=N–C) groups is 1. The standard InChI is InChI=1S/C16H23BrN6O/c1-4-18-16(20-10-15-21-11-22-23(15)3)19-9-12(2)24-14-8-6-5-7-13(14)17/h5-8,11-12H,4,9-10H2,1-3H3,(H2,18,19,20). The molecule has 0 aliphatic heterocycles. The molecule has 1 aromatic carbocycles. The molecule has 24 heavy (non-hydrogen) atoms. The summed E-state index contributed by atoms with van der Waals surface area (Å²) in [5.41, 5.74) is 0. The molecule has 0 aliphatic rings. The highest BCUT2D eigenvalue weighted by Gasteiger charge is 2.08. The number of halogens is 1. The Kier molecular flexibility index (Phi) is 7.05. The fraction of sp³-hybridized carbons (Fsp3) is 0.438. The summed E-state index contributed by atoms with van der Waals surface area (Å²) < 4.78 is 8.58. The quantitative estimate of drug-likeness (QED) is 0.555. The van der Waals surface area contributed by atoms with E-state index in [1.54, 1.807) is 4.68 Å². The van der Waals surface area contributed by atoms with E-state index in [4.69, 9.17) is 4.74 Å². The monoisotopic (exact) mass is 394 g/mol. The Hall–Kier alpha value is -2.09. The minimum Gasteiger partial charge on any atom is -0.488 e. The molecule has 0 saturated heterocycles. The van der Waals surface area contributed by atoms with Gasteiger partial charge in [-0.15, -0.1) is 0 Å². The van der Waals surface area contributed by atoms with Crippen LogP contribution in [0, 0.1) is 0 Å². The van der Waals surface area contributed by atoms with Gasteiger partial charge in [0.1, 0.15) is 30.5 Å². The van der Waals surface area contributed by atoms with Gasteiger partial charge in [-0.25, -0.2) is 9.98 Å². The molecular formula is C16H23BrN6O. The zero-order valence-corrected chi connectivity index (χ0v) is 15.7. The van der Waals surface area contributed by atoms with Crippen LogP contribution in [0.4, 0.5) is 0 Å². The van der Waals surface area contributed by atoms with Crippen molar-refractivity contribution < 1.29 is 4.74 Å². The van der Waals surface area contributed by atoms with Crippen molar-refractivity contribution in [2.45, 2.75) is 26.5 Å². The van der Waals surface area contributed by atoms with Gasteiger partial charge in [0, 0.05) is 13.6 Å². The number of nitrogens with zero attached hydrogens (tertiary/aromatic N) is 4. The van der Waals surface area contributed by atoms with Gasteiger partial charge in [-0.1, -0.05) is 12.1 Å². The van der Waals surface area contributed by atoms with E-state index in [2.05, 4.69) is 41.6 Å². The number of para-hydroxylation sites is 1. The third-order valence-corrected chi connectivity index (χ3v) is 3.90. The number of hydrogen-bond acceptors (Lipinski definition) is 4. The Morgan fingerprint density at radius 2 is 2.17 bits per heavy atom. The summed E-state index contributed by atoms with van der Waals surface area (Å²) in [4.78, 5) is 8.69. The van der Waals surface area contributed by atoms with Crippen LogP contribution < -0.4 is 15.4 Å². The summed E-state index contributed by atoms with van der Waals surface area (Å²) in [6, 6.07) is 7.81. The number of aromatic nitrogens is 3. The number of nitrogens with one attached hydrogen (secondary N) is 2. The average molecular weight is 395 g/mol. The van der Waals surface area contributed by atoms with Crippen LogP contribution in [0.25, 0.3) is 0 Å². The molecule has 0 fully saturated rings. The fourth-order valence-corrected chi connectivity index (χ4v) is 2.37. The number of rotatable bonds is 7. The lowest BCUT2D eigenvalue weighted by Gasteiger charge is -2.18. The van der Waals surface area contributed by atoms with E-state index in [0.29, 0.717) is 13.1 Å². The van der Waals surface area contributed by atoms with E-state index >= 15 is 0 Å². The van der Waals surface area contributed by atoms with Crippen LogP contribution in [0.15, 0.2) is 40.1 Å². The molecule has 0 radical (unpaired) electrons. The second-order valence-corrected chi connectivity index (χ2v) is 6.09. The predicted octanol–water partition coefficient (Wildman–Crippen LogP) is 2.10. The molecule has 2 rings (SSSR count). The zero-order chi connectivity index (χ0) is 17.4. The number of ether oxygens (including phenoxy) is 1. The van der Waals surface area contributed by atoms with Gasteiger partial charge in [0.15, 0.2) is 5.96 Å². The minimum atomic E-state index is -0.0117. The first-order valence-electron chi connectivity index (χ1n) is 7.86. The summed E-state index contributed by atoms with van der Waals surface area (Å²) in [5, 5.41) is 10.5. The lowest BCUT2D eigenvalue weighted by molar-refractivity contribution is 0.222. The van der Waals surface area contributed by atoms with Crippen LogP contribution in [0.1, 0.15) is 19.7 Å². The number of aryl methyl sites for hydroxylation is 1. The molecule has 0 aliphatic carbocycles. The highest BCUT2D eigenvalue weighted by Crippen LogP contribution is 2.24. The molecule has 2 aromatic rings. The lowest BCUT2D eigenvalue weighted by Crippen LogP contribution is -2.41. The van der Waals surface area contributed by atoms with Crippen LogP contribution in [0.2, 0.25) is 0 Å². The maximum atomic E-state index is 5.92. The maximum absolute atomic E-state index is 5.92. The van der Waals surface area contributed by atoms with Crippen molar-refractivity contribution in [2.75, 3.05) is 13.1 Å². The summed E-state index contributed by atoms with van der Waals surface area (Å²) >= 11 is 3.49. The molecule has 1 aromatic heterocycles. The molecule has 7 nitrogen and oxygen atoms in total. The maximum Gasteiger partial charge on any atom is 0.191 e. The van der Waals surface area contributed by atoms with Gasteiger partial charge in [-0.2, -0.15) is 5.10 Å². The summed E-state index contributed by atoms with van der Waals surface area (Å²) in [6.07, 6.45) is 1.51. The average Bonchev–Trinajstić information content (AvgIpc) is 2.97. The molecule has 1 atom stereocenters. The Labute approximate surface area is 150 Å². The second-order valence-electron chi connectivity index (χ2n) is 5.23. The van der Waals surface area contributed by atoms with E-state index in [0.717, 1.165) is 28.6 Å². The van der Waals surface area contributed by atoms with Gasteiger partial charge in [0.05, 0.1) is 11.0 Å². The molecule has 0 saturated carbocycles. The molecule has 1 heterocycles. The third kappa shape index (κ3) is 5.52. The van der Waals surface area contributed by atoms with Gasteiger partial charge < -0.3 is 15.4 Å². The topological polar surface area (TPSA) is 76.4 Å². The molecule has 130 valence electrons. The number of hydrogen-bond donors (Lipinski definition) is 2. The smallest absolute Gasteiger partial charge is 0.191 e. The molecule has 0 bridgehead atoms. The van der Waals surface area contributed by atoms with E-state index in [-0.39, 0.29) is 6.10 Å². The summed E-state index contributed by atoms with van der Waals surface area (Å²) in [7, 11) is 1.85. The second kappa shape index (κ2) is 9.27. The van der Waals surface area contributed by atoms with Crippen LogP contribution in [0.5, 0.6) is 5.75 Å². The largest absolute Gasteiger partial charge is 0.488 e. The van der Waals surface area contributed by atoms with Gasteiger partial charge >= 0.3 is 0 Å². The lowest BCUT2D eigenvalue weighted by atomic mass is 10.3. The molecule has 0 spiro atoms. The normalized spacial score (nSPS) is 12.8. The molecule has 2 N–H and O–H groups in total. The van der Waals surface area contributed by atoms with Crippen LogP contribution >= 0.6 is 15.9 Å². The fourth-order valence-electron chi connectivity index (χ4n) is 1.99. The van der Waals surface area contributed by atoms with Gasteiger partial charge in [0.25, 0.3) is 0 Å². The highest BCUT2D eigenvalue weighted by molar-refractivity contribution is 9.10. The van der Waals surface area contributed by atoms with Crippen LogP contribution in [-0.2, 0) is 13.6 Å². The molecular weight excluding hydrogens is 372 g/mol. The first kappa shape index (κ1) is 18.3. The van der Waals surface area contributed by atoms with Crippen molar-refractivity contribution in [2.24, 2.45) is 12.0 Å². The van der Waals surface area contributed by atoms with Crippen LogP contribution in [0.3, 0.4) is 0 Å². The van der Waals surface area contributed by atoms with E-state index in [1.165, 1.54) is 6.33 Å². The van der Waals surface area contributed by atoms with Crippen molar-refractivity contribution >= 4 is 21.9 Å². The number of benzene rings is 1. The predicted molar refractivity (Wildman–Crippen MR) is 98.1 cm³/mol. The van der Waals surface area contributed by atoms with Crippen molar-refractivity contribution in [1.29, 1.82) is 0 Å². The van der Waals surface area contributed by atoms with Crippen molar-refractivity contribution in [3.05, 3.63) is 40.9 Å². The Morgan fingerprint density at radius 1 is 1.38 bits per heavy atom. The Balaban J connectivity index is 1.88. The van der Waals surface area contributed by atoms with E-state index in [1.807, 2.05) is 45.2 Å². The molecule has 8 heteroatoms. The number of guanidine groups is 1. The van der Waals surface area contributed by atoms with Crippen molar-refractivity contribution in [1.82, 2.24) is 25.4 Å². The van der Waals surface area contributed by atoms with Gasteiger partial charge in [-0.3, -0.25) is 4.68 Å². The zero-order valence-electron chi connectivity index (χ0n) is 14.2. The third-order valence-electron chi connectivity index (χ3n) is 3.25. The SMILES string of the molecule is CCNC(=NCc1ncnn1C)NCC(C)Oc1ccccc1Br. The van der Waals surface area contributed by atoms with Crippen LogP contribution in [-0.4, -0.2) is 39.9 Å². The summed E-state index contributed by atoms with van der Waals surface area (Å²) in [6.45, 7) is 5.92. The highest BCUT2D eigenvalue weighted by atomic mass is 79.9. The summed E-state index contributed by atoms with van der Waals surface area (Å²) in [5.74, 6) is 2.36. The van der Waals surface area contributed by atoms with E-state index in [9.17, 15) is 0 Å².